The molecule has 0 saturated heterocycles. The molecule has 0 radical (unpaired) electrons. The Morgan fingerprint density at radius 1 is 1.29 bits per heavy atom. The molecule has 6 nitrogen and oxygen atoms in total. The lowest BCUT2D eigenvalue weighted by atomic mass is 9.98. The molecule has 1 unspecified atom stereocenters. The molecule has 2 aromatic rings. The molecule has 0 spiro atoms. The summed E-state index contributed by atoms with van der Waals surface area (Å²) in [5.41, 5.74) is 0.912. The van der Waals surface area contributed by atoms with Gasteiger partial charge in [0.2, 0.25) is 0 Å². The highest BCUT2D eigenvalue weighted by atomic mass is 16.5. The van der Waals surface area contributed by atoms with E-state index in [9.17, 15) is 4.79 Å². The van der Waals surface area contributed by atoms with Gasteiger partial charge in [0.25, 0.3) is 0 Å². The van der Waals surface area contributed by atoms with E-state index in [0.717, 1.165) is 29.4 Å². The smallest absolute Gasteiger partial charge is 0.309 e. The summed E-state index contributed by atoms with van der Waals surface area (Å²) in [6.07, 6.45) is 1.30. The first kappa shape index (κ1) is 13.6. The number of methoxy groups -OCH3 is 2. The maximum Gasteiger partial charge on any atom is 0.309 e. The Labute approximate surface area is 122 Å². The van der Waals surface area contributed by atoms with Crippen LogP contribution in [-0.4, -0.2) is 35.0 Å². The largest absolute Gasteiger partial charge is 0.496 e. The van der Waals surface area contributed by atoms with E-state index < -0.39 is 0 Å². The minimum absolute atomic E-state index is 0.128. The third-order valence-electron chi connectivity index (χ3n) is 3.84. The van der Waals surface area contributed by atoms with Gasteiger partial charge in [-0.05, 0) is 18.6 Å². The Bertz CT molecular complexity index is 666. The Morgan fingerprint density at radius 3 is 2.86 bits per heavy atom. The third-order valence-corrected chi connectivity index (χ3v) is 3.84. The SMILES string of the molecule is COC(=O)C1CCn2c(nnc2-c2ccccc2OC)C1. The summed E-state index contributed by atoms with van der Waals surface area (Å²) in [4.78, 5) is 11.7. The Balaban J connectivity index is 1.95. The molecule has 1 aromatic carbocycles. The van der Waals surface area contributed by atoms with Gasteiger partial charge in [-0.3, -0.25) is 4.79 Å². The van der Waals surface area contributed by atoms with Gasteiger partial charge in [-0.2, -0.15) is 0 Å². The van der Waals surface area contributed by atoms with Gasteiger partial charge in [-0.15, -0.1) is 10.2 Å². The van der Waals surface area contributed by atoms with Crippen LogP contribution in [0.15, 0.2) is 24.3 Å². The van der Waals surface area contributed by atoms with Crippen LogP contribution in [0.5, 0.6) is 5.75 Å². The summed E-state index contributed by atoms with van der Waals surface area (Å²) < 4.78 is 12.3. The molecule has 1 aliphatic rings. The molecule has 21 heavy (non-hydrogen) atoms. The van der Waals surface area contributed by atoms with Crippen LogP contribution < -0.4 is 4.74 Å². The fraction of sp³-hybridized carbons (Fsp3) is 0.400. The van der Waals surface area contributed by atoms with Crippen molar-refractivity contribution in [3.63, 3.8) is 0 Å². The zero-order valence-corrected chi connectivity index (χ0v) is 12.1. The van der Waals surface area contributed by atoms with Gasteiger partial charge in [0, 0.05) is 13.0 Å². The fourth-order valence-electron chi connectivity index (χ4n) is 2.73. The molecule has 110 valence electrons. The maximum atomic E-state index is 11.7. The number of para-hydroxylation sites is 1. The average Bonchev–Trinajstić information content (AvgIpc) is 2.96. The summed E-state index contributed by atoms with van der Waals surface area (Å²) in [5.74, 6) is 2.06. The van der Waals surface area contributed by atoms with Crippen LogP contribution in [-0.2, 0) is 22.5 Å². The zero-order chi connectivity index (χ0) is 14.8. The predicted octanol–water partition coefficient (Wildman–Crippen LogP) is 1.69. The van der Waals surface area contributed by atoms with E-state index in [1.165, 1.54) is 7.11 Å². The molecule has 0 aliphatic carbocycles. The molecule has 0 bridgehead atoms. The van der Waals surface area contributed by atoms with Gasteiger partial charge in [0.1, 0.15) is 11.6 Å². The van der Waals surface area contributed by atoms with Crippen LogP contribution >= 0.6 is 0 Å². The second-order valence-corrected chi connectivity index (χ2v) is 5.00. The molecule has 1 atom stereocenters. The molecule has 1 aromatic heterocycles. The second kappa shape index (κ2) is 5.55. The number of benzene rings is 1. The van der Waals surface area contributed by atoms with Crippen molar-refractivity contribution >= 4 is 5.97 Å². The Kier molecular flexibility index (Phi) is 3.60. The van der Waals surface area contributed by atoms with Crippen LogP contribution in [0.1, 0.15) is 12.2 Å². The predicted molar refractivity (Wildman–Crippen MR) is 75.8 cm³/mol. The molecule has 0 amide bonds. The van der Waals surface area contributed by atoms with Gasteiger partial charge < -0.3 is 14.0 Å². The summed E-state index contributed by atoms with van der Waals surface area (Å²) in [7, 11) is 3.06. The van der Waals surface area contributed by atoms with Crippen LogP contribution in [0.2, 0.25) is 0 Å². The summed E-state index contributed by atoms with van der Waals surface area (Å²) >= 11 is 0. The maximum absolute atomic E-state index is 11.7. The van der Waals surface area contributed by atoms with Crippen molar-refractivity contribution in [2.45, 2.75) is 19.4 Å². The highest BCUT2D eigenvalue weighted by Crippen LogP contribution is 2.31. The van der Waals surface area contributed by atoms with Gasteiger partial charge in [0.15, 0.2) is 5.82 Å². The number of carbonyl (C=O) groups is 1. The van der Waals surface area contributed by atoms with Crippen LogP contribution in [0, 0.1) is 5.92 Å². The highest BCUT2D eigenvalue weighted by Gasteiger charge is 2.29. The molecule has 2 heterocycles. The van der Waals surface area contributed by atoms with E-state index in [2.05, 4.69) is 14.8 Å². The first-order valence-electron chi connectivity index (χ1n) is 6.88. The molecule has 0 fully saturated rings. The highest BCUT2D eigenvalue weighted by molar-refractivity contribution is 5.73. The monoisotopic (exact) mass is 287 g/mol. The summed E-state index contributed by atoms with van der Waals surface area (Å²) in [6.45, 7) is 0.704. The fourth-order valence-corrected chi connectivity index (χ4v) is 2.73. The lowest BCUT2D eigenvalue weighted by Gasteiger charge is -2.22. The van der Waals surface area contributed by atoms with Crippen molar-refractivity contribution in [1.29, 1.82) is 0 Å². The van der Waals surface area contributed by atoms with E-state index in [1.807, 2.05) is 24.3 Å². The molecular weight excluding hydrogens is 270 g/mol. The molecule has 0 saturated carbocycles. The van der Waals surface area contributed by atoms with Gasteiger partial charge in [0.05, 0.1) is 25.7 Å². The summed E-state index contributed by atoms with van der Waals surface area (Å²) in [5, 5.41) is 8.50. The minimum Gasteiger partial charge on any atom is -0.496 e. The average molecular weight is 287 g/mol. The quantitative estimate of drug-likeness (QED) is 0.804. The molecule has 6 heteroatoms. The van der Waals surface area contributed by atoms with E-state index in [1.54, 1.807) is 7.11 Å². The number of carbonyl (C=O) groups excluding carboxylic acids is 1. The summed E-state index contributed by atoms with van der Waals surface area (Å²) in [6, 6.07) is 7.72. The first-order chi connectivity index (χ1) is 10.2. The molecule has 0 N–H and O–H groups in total. The Hall–Kier alpha value is -2.37. The topological polar surface area (TPSA) is 66.2 Å². The van der Waals surface area contributed by atoms with Crippen molar-refractivity contribution in [3.05, 3.63) is 30.1 Å². The second-order valence-electron chi connectivity index (χ2n) is 5.00. The number of aromatic nitrogens is 3. The van der Waals surface area contributed by atoms with Crippen molar-refractivity contribution in [3.8, 4) is 17.1 Å². The number of esters is 1. The number of hydrogen-bond acceptors (Lipinski definition) is 5. The van der Waals surface area contributed by atoms with Gasteiger partial charge in [-0.1, -0.05) is 12.1 Å². The minimum atomic E-state index is -0.178. The Morgan fingerprint density at radius 2 is 2.10 bits per heavy atom. The van der Waals surface area contributed by atoms with Crippen molar-refractivity contribution in [2.24, 2.45) is 5.92 Å². The van der Waals surface area contributed by atoms with E-state index in [4.69, 9.17) is 9.47 Å². The lowest BCUT2D eigenvalue weighted by Crippen LogP contribution is -2.27. The number of ether oxygens (including phenoxy) is 2. The van der Waals surface area contributed by atoms with E-state index >= 15 is 0 Å². The number of rotatable bonds is 3. The number of fused-ring (bicyclic) bond motifs is 1. The molecule has 3 rings (SSSR count). The van der Waals surface area contributed by atoms with Crippen molar-refractivity contribution in [1.82, 2.24) is 14.8 Å². The standard InChI is InChI=1S/C15H17N3O3/c1-20-12-6-4-3-5-11(12)14-17-16-13-9-10(15(19)21-2)7-8-18(13)14/h3-6,10H,7-9H2,1-2H3. The van der Waals surface area contributed by atoms with Crippen molar-refractivity contribution in [2.75, 3.05) is 14.2 Å². The third kappa shape index (κ3) is 2.37. The molecular formula is C15H17N3O3. The lowest BCUT2D eigenvalue weighted by molar-refractivity contribution is -0.146. The van der Waals surface area contributed by atoms with Crippen molar-refractivity contribution < 1.29 is 14.3 Å². The number of nitrogens with zero attached hydrogens (tertiary/aromatic N) is 3. The van der Waals surface area contributed by atoms with Crippen LogP contribution in [0.4, 0.5) is 0 Å². The number of hydrogen-bond donors (Lipinski definition) is 0. The van der Waals surface area contributed by atoms with Crippen LogP contribution in [0.3, 0.4) is 0 Å². The molecule has 1 aliphatic heterocycles. The van der Waals surface area contributed by atoms with Gasteiger partial charge >= 0.3 is 5.97 Å². The van der Waals surface area contributed by atoms with E-state index in [-0.39, 0.29) is 11.9 Å². The van der Waals surface area contributed by atoms with Crippen LogP contribution in [0.25, 0.3) is 11.4 Å². The zero-order valence-electron chi connectivity index (χ0n) is 12.1. The first-order valence-corrected chi connectivity index (χ1v) is 6.88. The van der Waals surface area contributed by atoms with Gasteiger partial charge in [-0.25, -0.2) is 0 Å². The van der Waals surface area contributed by atoms with E-state index in [0.29, 0.717) is 13.0 Å². The normalized spacial score (nSPS) is 17.1.